The Morgan fingerprint density at radius 2 is 2.17 bits per heavy atom. The van der Waals surface area contributed by atoms with Crippen LogP contribution in [0.4, 0.5) is 10.1 Å². The zero-order valence-electron chi connectivity index (χ0n) is 6.38. The van der Waals surface area contributed by atoms with Gasteiger partial charge in [-0.2, -0.15) is 0 Å². The number of rotatable bonds is 1. The normalized spacial score (nSPS) is 10.8. The molecule has 0 atom stereocenters. The summed E-state index contributed by atoms with van der Waals surface area (Å²) in [6.45, 7) is -0.390. The highest BCUT2D eigenvalue weighted by Gasteiger charge is 2.00. The first-order valence-corrected chi connectivity index (χ1v) is 4.45. The van der Waals surface area contributed by atoms with Gasteiger partial charge < -0.3 is 5.73 Å². The average molecular weight is 181 g/mol. The molecule has 0 bridgehead atoms. The van der Waals surface area contributed by atoms with Crippen molar-refractivity contribution in [3.05, 3.63) is 29.1 Å². The Morgan fingerprint density at radius 1 is 1.33 bits per heavy atom. The zero-order valence-corrected chi connectivity index (χ0v) is 7.20. The quantitative estimate of drug-likeness (QED) is 0.672. The van der Waals surface area contributed by atoms with Crippen molar-refractivity contribution in [1.29, 1.82) is 0 Å². The molecule has 3 heteroatoms. The number of thiophene rings is 1. The van der Waals surface area contributed by atoms with Crippen LogP contribution in [0.15, 0.2) is 24.3 Å². The maximum atomic E-state index is 12.2. The summed E-state index contributed by atoms with van der Waals surface area (Å²) < 4.78 is 13.3. The second-order valence-electron chi connectivity index (χ2n) is 2.64. The third kappa shape index (κ3) is 1.16. The van der Waals surface area contributed by atoms with E-state index in [2.05, 4.69) is 0 Å². The number of hydrogen-bond donors (Lipinski definition) is 1. The Labute approximate surface area is 73.6 Å². The Bertz CT molecular complexity index is 408. The molecular formula is C9H8FNS. The van der Waals surface area contributed by atoms with E-state index in [0.29, 0.717) is 0 Å². The van der Waals surface area contributed by atoms with Crippen molar-refractivity contribution in [3.8, 4) is 0 Å². The molecule has 62 valence electrons. The molecule has 0 unspecified atom stereocenters. The van der Waals surface area contributed by atoms with Crippen LogP contribution in [0.2, 0.25) is 0 Å². The summed E-state index contributed by atoms with van der Waals surface area (Å²) in [5.74, 6) is 0. The van der Waals surface area contributed by atoms with Gasteiger partial charge in [0.25, 0.3) is 0 Å². The van der Waals surface area contributed by atoms with E-state index in [1.165, 1.54) is 11.3 Å². The number of fused-ring (bicyclic) bond motifs is 1. The molecule has 0 fully saturated rings. The third-order valence-corrected chi connectivity index (χ3v) is 2.80. The Balaban J connectivity index is 2.67. The highest BCUT2D eigenvalue weighted by molar-refractivity contribution is 7.19. The maximum Gasteiger partial charge on any atom is 0.124 e. The van der Waals surface area contributed by atoms with Crippen LogP contribution in [0.25, 0.3) is 10.1 Å². The predicted octanol–water partition coefficient (Wildman–Crippen LogP) is 2.95. The van der Waals surface area contributed by atoms with Crippen molar-refractivity contribution in [1.82, 2.24) is 0 Å². The second-order valence-corrected chi connectivity index (χ2v) is 3.81. The van der Waals surface area contributed by atoms with Crippen LogP contribution in [0.3, 0.4) is 0 Å². The smallest absolute Gasteiger partial charge is 0.124 e. The molecule has 1 heterocycles. The van der Waals surface area contributed by atoms with Gasteiger partial charge in [0.15, 0.2) is 0 Å². The molecule has 0 aliphatic carbocycles. The van der Waals surface area contributed by atoms with Crippen molar-refractivity contribution >= 4 is 27.1 Å². The van der Waals surface area contributed by atoms with Gasteiger partial charge in [0.1, 0.15) is 6.67 Å². The van der Waals surface area contributed by atoms with Crippen molar-refractivity contribution < 1.29 is 4.39 Å². The molecule has 12 heavy (non-hydrogen) atoms. The van der Waals surface area contributed by atoms with Gasteiger partial charge >= 0.3 is 0 Å². The van der Waals surface area contributed by atoms with Gasteiger partial charge in [-0.25, -0.2) is 4.39 Å². The minimum atomic E-state index is -0.390. The monoisotopic (exact) mass is 181 g/mol. The van der Waals surface area contributed by atoms with Crippen molar-refractivity contribution in [2.45, 2.75) is 6.67 Å². The van der Waals surface area contributed by atoms with E-state index in [1.54, 1.807) is 0 Å². The number of nitrogens with two attached hydrogens (primary N) is 1. The number of alkyl halides is 1. The van der Waals surface area contributed by atoms with Gasteiger partial charge in [-0.05, 0) is 29.7 Å². The zero-order chi connectivity index (χ0) is 8.55. The summed E-state index contributed by atoms with van der Waals surface area (Å²) in [5.41, 5.74) is 6.31. The van der Waals surface area contributed by atoms with Crippen molar-refractivity contribution in [2.75, 3.05) is 5.73 Å². The fourth-order valence-corrected chi connectivity index (χ4v) is 2.08. The standard InChI is InChI=1S/C9H8FNS/c10-5-8-4-6-3-7(11)1-2-9(6)12-8/h1-4H,5,11H2. The first-order valence-electron chi connectivity index (χ1n) is 3.63. The minimum absolute atomic E-state index is 0.390. The van der Waals surface area contributed by atoms with E-state index in [1.807, 2.05) is 24.3 Å². The molecule has 0 aliphatic heterocycles. The van der Waals surface area contributed by atoms with E-state index in [0.717, 1.165) is 20.7 Å². The number of hydrogen-bond acceptors (Lipinski definition) is 2. The molecule has 1 nitrogen and oxygen atoms in total. The molecule has 0 spiro atoms. The summed E-state index contributed by atoms with van der Waals surface area (Å²) in [5, 5.41) is 1.03. The van der Waals surface area contributed by atoms with Crippen molar-refractivity contribution in [2.24, 2.45) is 0 Å². The van der Waals surface area contributed by atoms with E-state index < -0.39 is 0 Å². The van der Waals surface area contributed by atoms with Gasteiger partial charge in [-0.3, -0.25) is 0 Å². The summed E-state index contributed by atoms with van der Waals surface area (Å²) >= 11 is 1.48. The van der Waals surface area contributed by atoms with Gasteiger partial charge in [0.2, 0.25) is 0 Å². The number of benzene rings is 1. The fraction of sp³-hybridized carbons (Fsp3) is 0.111. The molecule has 0 saturated heterocycles. The lowest BCUT2D eigenvalue weighted by Gasteiger charge is -1.90. The maximum absolute atomic E-state index is 12.2. The highest BCUT2D eigenvalue weighted by atomic mass is 32.1. The molecule has 2 rings (SSSR count). The van der Waals surface area contributed by atoms with Crippen LogP contribution in [-0.2, 0) is 6.67 Å². The van der Waals surface area contributed by atoms with Gasteiger partial charge in [0.05, 0.1) is 0 Å². The Kier molecular flexibility index (Phi) is 1.73. The van der Waals surface area contributed by atoms with E-state index in [-0.39, 0.29) is 6.67 Å². The molecule has 2 N–H and O–H groups in total. The van der Waals surface area contributed by atoms with Crippen LogP contribution in [0.5, 0.6) is 0 Å². The Hall–Kier alpha value is -1.09. The largest absolute Gasteiger partial charge is 0.399 e. The number of halogens is 1. The van der Waals surface area contributed by atoms with E-state index in [4.69, 9.17) is 5.73 Å². The summed E-state index contributed by atoms with van der Waals surface area (Å²) in [4.78, 5) is 0.760. The molecule has 0 saturated carbocycles. The molecule has 0 radical (unpaired) electrons. The predicted molar refractivity (Wildman–Crippen MR) is 51.0 cm³/mol. The van der Waals surface area contributed by atoms with Crippen LogP contribution in [-0.4, -0.2) is 0 Å². The minimum Gasteiger partial charge on any atom is -0.399 e. The lowest BCUT2D eigenvalue weighted by molar-refractivity contribution is 0.491. The highest BCUT2D eigenvalue weighted by Crippen LogP contribution is 2.27. The number of anilines is 1. The lowest BCUT2D eigenvalue weighted by Crippen LogP contribution is -1.80. The molecule has 1 aromatic carbocycles. The average Bonchev–Trinajstić information content (AvgIpc) is 2.46. The van der Waals surface area contributed by atoms with Gasteiger partial charge in [-0.1, -0.05) is 0 Å². The molecule has 2 aromatic rings. The third-order valence-electron chi connectivity index (χ3n) is 1.72. The van der Waals surface area contributed by atoms with E-state index >= 15 is 0 Å². The van der Waals surface area contributed by atoms with E-state index in [9.17, 15) is 4.39 Å². The first-order chi connectivity index (χ1) is 5.79. The topological polar surface area (TPSA) is 26.0 Å². The second kappa shape index (κ2) is 2.75. The van der Waals surface area contributed by atoms with Crippen LogP contribution in [0.1, 0.15) is 4.88 Å². The molecular weight excluding hydrogens is 173 g/mol. The summed E-state index contributed by atoms with van der Waals surface area (Å²) in [6, 6.07) is 7.47. The van der Waals surface area contributed by atoms with Crippen molar-refractivity contribution in [3.63, 3.8) is 0 Å². The fourth-order valence-electron chi connectivity index (χ4n) is 1.18. The summed E-state index contributed by atoms with van der Waals surface area (Å²) in [7, 11) is 0. The molecule has 0 aliphatic rings. The van der Waals surface area contributed by atoms with Gasteiger partial charge in [-0.15, -0.1) is 11.3 Å². The molecule has 1 aromatic heterocycles. The van der Waals surface area contributed by atoms with Crippen LogP contribution in [0, 0.1) is 0 Å². The number of nitrogen functional groups attached to an aromatic ring is 1. The Morgan fingerprint density at radius 3 is 2.92 bits per heavy atom. The lowest BCUT2D eigenvalue weighted by atomic mass is 10.2. The summed E-state index contributed by atoms with van der Waals surface area (Å²) in [6.07, 6.45) is 0. The molecule has 0 amide bonds. The SMILES string of the molecule is Nc1ccc2sc(CF)cc2c1. The van der Waals surface area contributed by atoms with Crippen LogP contribution < -0.4 is 5.73 Å². The van der Waals surface area contributed by atoms with Crippen LogP contribution >= 0.6 is 11.3 Å². The first kappa shape index (κ1) is 7.55. The van der Waals surface area contributed by atoms with Gasteiger partial charge in [0, 0.05) is 15.3 Å².